The largest absolute Gasteiger partial charge is 0.446 e. The third kappa shape index (κ3) is 1.58. The quantitative estimate of drug-likeness (QED) is 0.622. The van der Waals surface area contributed by atoms with Crippen LogP contribution in [0.5, 0.6) is 0 Å². The summed E-state index contributed by atoms with van der Waals surface area (Å²) in [5, 5.41) is 0. The van der Waals surface area contributed by atoms with Crippen molar-refractivity contribution in [3.8, 4) is 0 Å². The van der Waals surface area contributed by atoms with Crippen molar-refractivity contribution in [2.24, 2.45) is 0 Å². The highest BCUT2D eigenvalue weighted by atomic mass is 32.2. The maximum Gasteiger partial charge on any atom is 0.446 e. The second-order valence-corrected chi connectivity index (χ2v) is 3.73. The highest BCUT2D eigenvalue weighted by Gasteiger charge is 2.33. The molecule has 0 aromatic heterocycles. The predicted octanol–water partition coefficient (Wildman–Crippen LogP) is 3.20. The number of fused-ring (bicyclic) bond motifs is 1. The van der Waals surface area contributed by atoms with Crippen molar-refractivity contribution in [3.63, 3.8) is 0 Å². The summed E-state index contributed by atoms with van der Waals surface area (Å²) in [7, 11) is 0. The lowest BCUT2D eigenvalue weighted by atomic mass is 10.4. The van der Waals surface area contributed by atoms with Gasteiger partial charge in [0.25, 0.3) is 0 Å². The number of alkyl halides is 3. The molecule has 0 saturated heterocycles. The first-order valence-electron chi connectivity index (χ1n) is 3.43. The molecule has 0 bridgehead atoms. The number of hydrogen-bond acceptors (Lipinski definition) is 1. The van der Waals surface area contributed by atoms with Crippen LogP contribution in [0.15, 0.2) is 23.1 Å². The maximum absolute atomic E-state index is 11.9. The summed E-state index contributed by atoms with van der Waals surface area (Å²) in [6.07, 6.45) is 0.728. The molecule has 0 N–H and O–H groups in total. The standard InChI is InChI=1S/C8H5F3S/c9-8(10,11)12-7-3-1-2-5-4-6(5)7/h1-3H,4H2. The molecule has 0 amide bonds. The van der Waals surface area contributed by atoms with Gasteiger partial charge in [-0.05, 0) is 35.4 Å². The SMILES string of the molecule is FC(F)(F)Sc1cccc2c1C2. The van der Waals surface area contributed by atoms with Gasteiger partial charge in [0.05, 0.1) is 0 Å². The molecule has 64 valence electrons. The normalized spacial score (nSPS) is 14.2. The molecular weight excluding hydrogens is 185 g/mol. The molecule has 12 heavy (non-hydrogen) atoms. The van der Waals surface area contributed by atoms with Gasteiger partial charge in [-0.15, -0.1) is 0 Å². The number of hydrogen-bond donors (Lipinski definition) is 0. The van der Waals surface area contributed by atoms with Gasteiger partial charge in [0, 0.05) is 4.90 Å². The minimum Gasteiger partial charge on any atom is -0.160 e. The molecule has 1 aromatic rings. The Morgan fingerprint density at radius 3 is 2.67 bits per heavy atom. The van der Waals surface area contributed by atoms with Gasteiger partial charge in [-0.2, -0.15) is 13.2 Å². The van der Waals surface area contributed by atoms with E-state index in [1.54, 1.807) is 6.07 Å². The lowest BCUT2D eigenvalue weighted by Crippen LogP contribution is -1.98. The van der Waals surface area contributed by atoms with Crippen LogP contribution < -0.4 is 0 Å². The first-order chi connectivity index (χ1) is 5.56. The Labute approximate surface area is 71.8 Å². The topological polar surface area (TPSA) is 0 Å². The van der Waals surface area contributed by atoms with Crippen molar-refractivity contribution in [3.05, 3.63) is 29.3 Å². The van der Waals surface area contributed by atoms with Crippen LogP contribution in [-0.2, 0) is 6.42 Å². The van der Waals surface area contributed by atoms with E-state index in [1.807, 2.05) is 6.07 Å². The van der Waals surface area contributed by atoms with E-state index < -0.39 is 5.51 Å². The Balaban J connectivity index is 2.22. The van der Waals surface area contributed by atoms with Crippen LogP contribution in [0.3, 0.4) is 0 Å². The molecule has 1 aliphatic carbocycles. The van der Waals surface area contributed by atoms with Gasteiger partial charge in [0.1, 0.15) is 0 Å². The smallest absolute Gasteiger partial charge is 0.160 e. The van der Waals surface area contributed by atoms with Crippen molar-refractivity contribution in [2.45, 2.75) is 16.8 Å². The van der Waals surface area contributed by atoms with Gasteiger partial charge in [0.2, 0.25) is 0 Å². The predicted molar refractivity (Wildman–Crippen MR) is 41.2 cm³/mol. The summed E-state index contributed by atoms with van der Waals surface area (Å²) in [6, 6.07) is 5.04. The summed E-state index contributed by atoms with van der Waals surface area (Å²) in [5.74, 6) is 0. The minimum absolute atomic E-state index is 0.0206. The van der Waals surface area contributed by atoms with E-state index >= 15 is 0 Å². The molecule has 1 aromatic carbocycles. The van der Waals surface area contributed by atoms with Gasteiger partial charge in [-0.25, -0.2) is 0 Å². The Hall–Kier alpha value is -0.640. The molecule has 4 heteroatoms. The van der Waals surface area contributed by atoms with Gasteiger partial charge in [-0.1, -0.05) is 12.1 Å². The molecule has 2 rings (SSSR count). The molecule has 0 fully saturated rings. The van der Waals surface area contributed by atoms with Crippen molar-refractivity contribution in [1.82, 2.24) is 0 Å². The summed E-state index contributed by atoms with van der Waals surface area (Å²) in [6.45, 7) is 0. The minimum atomic E-state index is -4.16. The van der Waals surface area contributed by atoms with Crippen LogP contribution in [0.25, 0.3) is 0 Å². The zero-order valence-corrected chi connectivity index (χ0v) is 6.80. The van der Waals surface area contributed by atoms with Crippen LogP contribution >= 0.6 is 11.8 Å². The van der Waals surface area contributed by atoms with Crippen LogP contribution in [0, 0.1) is 0 Å². The number of halogens is 3. The molecule has 0 radical (unpaired) electrons. The number of rotatable bonds is 1. The van der Waals surface area contributed by atoms with Gasteiger partial charge in [0.15, 0.2) is 0 Å². The molecule has 0 unspecified atom stereocenters. The second kappa shape index (κ2) is 2.42. The fraction of sp³-hybridized carbons (Fsp3) is 0.250. The Morgan fingerprint density at radius 2 is 2.00 bits per heavy atom. The summed E-state index contributed by atoms with van der Waals surface area (Å²) < 4.78 is 35.7. The summed E-state index contributed by atoms with van der Waals surface area (Å²) in [4.78, 5) is 0.361. The van der Waals surface area contributed by atoms with E-state index in [1.165, 1.54) is 6.07 Å². The van der Waals surface area contributed by atoms with Crippen molar-refractivity contribution in [1.29, 1.82) is 0 Å². The molecule has 0 saturated carbocycles. The average molecular weight is 190 g/mol. The van der Waals surface area contributed by atoms with Crippen LogP contribution in [0.2, 0.25) is 0 Å². The highest BCUT2D eigenvalue weighted by molar-refractivity contribution is 8.00. The Kier molecular flexibility index (Phi) is 1.61. The summed E-state index contributed by atoms with van der Waals surface area (Å²) >= 11 is -0.0206. The highest BCUT2D eigenvalue weighted by Crippen LogP contribution is 2.44. The lowest BCUT2D eigenvalue weighted by Gasteiger charge is -2.03. The molecule has 1 aliphatic rings. The summed E-state index contributed by atoms with van der Waals surface area (Å²) in [5.41, 5.74) is -2.25. The van der Waals surface area contributed by atoms with Crippen molar-refractivity contribution >= 4 is 11.8 Å². The van der Waals surface area contributed by atoms with Crippen molar-refractivity contribution < 1.29 is 13.2 Å². The molecule has 0 spiro atoms. The zero-order valence-electron chi connectivity index (χ0n) is 5.98. The average Bonchev–Trinajstić information content (AvgIpc) is 2.62. The lowest BCUT2D eigenvalue weighted by molar-refractivity contribution is -0.0328. The van der Waals surface area contributed by atoms with E-state index in [9.17, 15) is 13.2 Å². The van der Waals surface area contributed by atoms with E-state index in [4.69, 9.17) is 0 Å². The zero-order chi connectivity index (χ0) is 8.77. The van der Waals surface area contributed by atoms with E-state index in [2.05, 4.69) is 0 Å². The van der Waals surface area contributed by atoms with Gasteiger partial charge >= 0.3 is 5.51 Å². The van der Waals surface area contributed by atoms with Crippen LogP contribution in [0.1, 0.15) is 11.1 Å². The fourth-order valence-electron chi connectivity index (χ4n) is 1.12. The molecule has 0 heterocycles. The monoisotopic (exact) mass is 190 g/mol. The molecular formula is C8H5F3S. The Bertz CT molecular complexity index is 317. The van der Waals surface area contributed by atoms with E-state index in [-0.39, 0.29) is 11.8 Å². The second-order valence-electron chi connectivity index (χ2n) is 2.62. The van der Waals surface area contributed by atoms with Crippen LogP contribution in [-0.4, -0.2) is 5.51 Å². The third-order valence-electron chi connectivity index (χ3n) is 1.70. The third-order valence-corrected chi connectivity index (χ3v) is 2.53. The fourth-order valence-corrected chi connectivity index (χ4v) is 1.85. The first kappa shape index (κ1) is 7.98. The van der Waals surface area contributed by atoms with Gasteiger partial charge in [-0.3, -0.25) is 0 Å². The van der Waals surface area contributed by atoms with Gasteiger partial charge < -0.3 is 0 Å². The van der Waals surface area contributed by atoms with E-state index in [0.29, 0.717) is 4.90 Å². The molecule has 0 atom stereocenters. The number of benzene rings is 1. The van der Waals surface area contributed by atoms with Crippen molar-refractivity contribution in [2.75, 3.05) is 0 Å². The van der Waals surface area contributed by atoms with E-state index in [0.717, 1.165) is 17.5 Å². The number of thioether (sulfide) groups is 1. The molecule has 0 nitrogen and oxygen atoms in total. The Morgan fingerprint density at radius 1 is 1.25 bits per heavy atom. The first-order valence-corrected chi connectivity index (χ1v) is 4.24. The molecule has 0 aliphatic heterocycles. The maximum atomic E-state index is 11.9. The van der Waals surface area contributed by atoms with Crippen LogP contribution in [0.4, 0.5) is 13.2 Å².